The number of amides is 2. The molecule has 2 heterocycles. The van der Waals surface area contributed by atoms with Gasteiger partial charge in [0.25, 0.3) is 5.91 Å². The summed E-state index contributed by atoms with van der Waals surface area (Å²) in [6, 6.07) is 24.3. The van der Waals surface area contributed by atoms with Crippen molar-refractivity contribution in [2.24, 2.45) is 0 Å². The van der Waals surface area contributed by atoms with Crippen molar-refractivity contribution in [1.29, 1.82) is 0 Å². The fourth-order valence-corrected chi connectivity index (χ4v) is 4.28. The summed E-state index contributed by atoms with van der Waals surface area (Å²) in [5.41, 5.74) is 3.43. The van der Waals surface area contributed by atoms with E-state index in [1.165, 1.54) is 0 Å². The average Bonchev–Trinajstić information content (AvgIpc) is 3.33. The van der Waals surface area contributed by atoms with Crippen molar-refractivity contribution in [2.75, 3.05) is 23.9 Å². The van der Waals surface area contributed by atoms with Crippen molar-refractivity contribution in [3.63, 3.8) is 0 Å². The van der Waals surface area contributed by atoms with Gasteiger partial charge in [0.1, 0.15) is 11.8 Å². The lowest BCUT2D eigenvalue weighted by molar-refractivity contribution is -0.124. The second-order valence-corrected chi connectivity index (χ2v) is 8.00. The first-order valence-electron chi connectivity index (χ1n) is 10.9. The number of hydrogen-bond donors (Lipinski definition) is 1. The molecule has 7 nitrogen and oxygen atoms in total. The highest BCUT2D eigenvalue weighted by Gasteiger charge is 2.40. The van der Waals surface area contributed by atoms with E-state index in [1.54, 1.807) is 24.1 Å². The third-order valence-corrected chi connectivity index (χ3v) is 5.88. The average molecular weight is 441 g/mol. The van der Waals surface area contributed by atoms with Gasteiger partial charge in [0.2, 0.25) is 11.9 Å². The standard InChI is InChI=1S/C26H24N4O3/c1-33-20-11-7-10-19(16-20)27-24(31)17-23-25(32)29(15-14-18-8-3-2-4-9-18)26-28-21-12-5-6-13-22(21)30(23)26/h2-13,16,23H,14-15,17H2,1H3,(H,27,31)/t23-/m1/s1. The quantitative estimate of drug-likeness (QED) is 0.467. The van der Waals surface area contributed by atoms with E-state index >= 15 is 0 Å². The van der Waals surface area contributed by atoms with E-state index in [0.29, 0.717) is 30.4 Å². The predicted molar refractivity (Wildman–Crippen MR) is 128 cm³/mol. The third-order valence-electron chi connectivity index (χ3n) is 5.88. The number of para-hydroxylation sites is 2. The number of ether oxygens (including phenoxy) is 1. The molecule has 4 aromatic rings. The molecule has 0 unspecified atom stereocenters. The van der Waals surface area contributed by atoms with E-state index in [-0.39, 0.29) is 18.2 Å². The van der Waals surface area contributed by atoms with Crippen LogP contribution < -0.4 is 15.0 Å². The Bertz CT molecular complexity index is 1320. The van der Waals surface area contributed by atoms with Gasteiger partial charge in [-0.15, -0.1) is 0 Å². The number of carbonyl (C=O) groups excluding carboxylic acids is 2. The SMILES string of the molecule is COc1cccc(NC(=O)C[C@@H]2C(=O)N(CCc3ccccc3)c3nc4ccccc4n32)c1. The number of imidazole rings is 1. The lowest BCUT2D eigenvalue weighted by Gasteiger charge is -2.16. The molecular weight excluding hydrogens is 416 g/mol. The molecule has 166 valence electrons. The van der Waals surface area contributed by atoms with Gasteiger partial charge in [-0.1, -0.05) is 48.5 Å². The van der Waals surface area contributed by atoms with Gasteiger partial charge in [0, 0.05) is 18.3 Å². The van der Waals surface area contributed by atoms with Gasteiger partial charge in [-0.3, -0.25) is 19.1 Å². The molecule has 33 heavy (non-hydrogen) atoms. The zero-order valence-electron chi connectivity index (χ0n) is 18.3. The molecule has 7 heteroatoms. The number of aromatic nitrogens is 2. The monoisotopic (exact) mass is 440 g/mol. The van der Waals surface area contributed by atoms with Gasteiger partial charge in [-0.2, -0.15) is 0 Å². The maximum Gasteiger partial charge on any atom is 0.253 e. The normalized spacial score (nSPS) is 15.0. The van der Waals surface area contributed by atoms with Crippen LogP contribution in [0.1, 0.15) is 18.0 Å². The van der Waals surface area contributed by atoms with Crippen LogP contribution in [-0.2, 0) is 16.0 Å². The number of fused-ring (bicyclic) bond motifs is 3. The van der Waals surface area contributed by atoms with Crippen LogP contribution in [0.25, 0.3) is 11.0 Å². The van der Waals surface area contributed by atoms with Gasteiger partial charge in [0.05, 0.1) is 24.6 Å². The Kier molecular flexibility index (Phi) is 5.52. The topological polar surface area (TPSA) is 76.5 Å². The Morgan fingerprint density at radius 3 is 2.64 bits per heavy atom. The molecule has 0 spiro atoms. The van der Waals surface area contributed by atoms with Gasteiger partial charge < -0.3 is 10.1 Å². The lowest BCUT2D eigenvalue weighted by Crippen LogP contribution is -2.33. The zero-order valence-corrected chi connectivity index (χ0v) is 18.3. The van der Waals surface area contributed by atoms with Crippen LogP contribution in [0.4, 0.5) is 11.6 Å². The minimum Gasteiger partial charge on any atom is -0.497 e. The van der Waals surface area contributed by atoms with Crippen LogP contribution in [0.5, 0.6) is 5.75 Å². The van der Waals surface area contributed by atoms with Crippen LogP contribution in [0.3, 0.4) is 0 Å². The van der Waals surface area contributed by atoms with Crippen LogP contribution in [0.15, 0.2) is 78.9 Å². The molecule has 1 aliphatic rings. The molecule has 0 radical (unpaired) electrons. The molecule has 1 aliphatic heterocycles. The summed E-state index contributed by atoms with van der Waals surface area (Å²) in [6.45, 7) is 0.500. The maximum absolute atomic E-state index is 13.4. The fraction of sp³-hybridized carbons (Fsp3) is 0.192. The largest absolute Gasteiger partial charge is 0.497 e. The van der Waals surface area contributed by atoms with Gasteiger partial charge in [-0.05, 0) is 36.2 Å². The number of rotatable bonds is 7. The van der Waals surface area contributed by atoms with E-state index in [2.05, 4.69) is 5.32 Å². The second kappa shape index (κ2) is 8.78. The number of nitrogens with one attached hydrogen (secondary N) is 1. The Hall–Kier alpha value is -4.13. The van der Waals surface area contributed by atoms with Crippen LogP contribution in [0, 0.1) is 0 Å². The van der Waals surface area contributed by atoms with E-state index < -0.39 is 6.04 Å². The van der Waals surface area contributed by atoms with E-state index in [0.717, 1.165) is 16.6 Å². The zero-order chi connectivity index (χ0) is 22.8. The van der Waals surface area contributed by atoms with Crippen molar-refractivity contribution < 1.29 is 14.3 Å². The van der Waals surface area contributed by atoms with Gasteiger partial charge in [0.15, 0.2) is 0 Å². The van der Waals surface area contributed by atoms with E-state index in [1.807, 2.05) is 71.3 Å². The highest BCUT2D eigenvalue weighted by atomic mass is 16.5. The number of carbonyl (C=O) groups is 2. The molecule has 0 aliphatic carbocycles. The van der Waals surface area contributed by atoms with Crippen molar-refractivity contribution in [1.82, 2.24) is 9.55 Å². The highest BCUT2D eigenvalue weighted by molar-refractivity contribution is 6.05. The molecule has 1 aromatic heterocycles. The Balaban J connectivity index is 1.41. The van der Waals surface area contributed by atoms with Crippen LogP contribution in [-0.4, -0.2) is 35.0 Å². The number of hydrogen-bond acceptors (Lipinski definition) is 4. The molecular formula is C26H24N4O3. The molecule has 0 saturated heterocycles. The first-order valence-corrected chi connectivity index (χ1v) is 10.9. The van der Waals surface area contributed by atoms with Crippen molar-refractivity contribution >= 4 is 34.5 Å². The third kappa shape index (κ3) is 4.05. The number of anilines is 2. The fourth-order valence-electron chi connectivity index (χ4n) is 4.28. The second-order valence-electron chi connectivity index (χ2n) is 8.00. The first-order chi connectivity index (χ1) is 16.1. The summed E-state index contributed by atoms with van der Waals surface area (Å²) in [4.78, 5) is 32.8. The summed E-state index contributed by atoms with van der Waals surface area (Å²) in [5.74, 6) is 0.895. The van der Waals surface area contributed by atoms with Gasteiger partial charge >= 0.3 is 0 Å². The smallest absolute Gasteiger partial charge is 0.253 e. The van der Waals surface area contributed by atoms with Gasteiger partial charge in [-0.25, -0.2) is 4.98 Å². The summed E-state index contributed by atoms with van der Waals surface area (Å²) >= 11 is 0. The number of nitrogens with zero attached hydrogens (tertiary/aromatic N) is 3. The number of methoxy groups -OCH3 is 1. The Labute approximate surface area is 191 Å². The minimum atomic E-state index is -0.645. The first kappa shape index (κ1) is 20.8. The Morgan fingerprint density at radius 1 is 1.03 bits per heavy atom. The molecule has 3 aromatic carbocycles. The summed E-state index contributed by atoms with van der Waals surface area (Å²) in [5, 5.41) is 2.88. The minimum absolute atomic E-state index is 0.0191. The van der Waals surface area contributed by atoms with Crippen molar-refractivity contribution in [3.8, 4) is 5.75 Å². The number of benzene rings is 3. The van der Waals surface area contributed by atoms with Crippen LogP contribution in [0.2, 0.25) is 0 Å². The molecule has 1 atom stereocenters. The molecule has 5 rings (SSSR count). The van der Waals surface area contributed by atoms with Crippen molar-refractivity contribution in [2.45, 2.75) is 18.9 Å². The van der Waals surface area contributed by atoms with E-state index in [4.69, 9.17) is 9.72 Å². The maximum atomic E-state index is 13.4. The summed E-state index contributed by atoms with van der Waals surface area (Å²) in [6.07, 6.45) is 0.726. The van der Waals surface area contributed by atoms with E-state index in [9.17, 15) is 9.59 Å². The predicted octanol–water partition coefficient (Wildman–Crippen LogP) is 4.20. The van der Waals surface area contributed by atoms with Crippen LogP contribution >= 0.6 is 0 Å². The molecule has 0 saturated carbocycles. The van der Waals surface area contributed by atoms with Crippen molar-refractivity contribution in [3.05, 3.63) is 84.4 Å². The Morgan fingerprint density at radius 2 is 1.82 bits per heavy atom. The summed E-state index contributed by atoms with van der Waals surface area (Å²) < 4.78 is 7.12. The molecule has 0 bridgehead atoms. The highest BCUT2D eigenvalue weighted by Crippen LogP contribution is 2.36. The lowest BCUT2D eigenvalue weighted by atomic mass is 10.1. The molecule has 0 fully saturated rings. The molecule has 1 N–H and O–H groups in total. The summed E-state index contributed by atoms with van der Waals surface area (Å²) in [7, 11) is 1.58. The molecule has 2 amide bonds.